The third kappa shape index (κ3) is 2.47. The SMILES string of the molecule is CCN1CCCC1CNC1CCNC1. The Morgan fingerprint density at radius 2 is 2.36 bits per heavy atom. The Bertz CT molecular complexity index is 166. The topological polar surface area (TPSA) is 27.3 Å². The Morgan fingerprint density at radius 1 is 1.43 bits per heavy atom. The predicted molar refractivity (Wildman–Crippen MR) is 59.5 cm³/mol. The van der Waals surface area contributed by atoms with Crippen molar-refractivity contribution in [2.75, 3.05) is 32.7 Å². The molecule has 14 heavy (non-hydrogen) atoms. The van der Waals surface area contributed by atoms with E-state index in [1.807, 2.05) is 0 Å². The second kappa shape index (κ2) is 5.10. The van der Waals surface area contributed by atoms with Crippen LogP contribution in [0, 0.1) is 0 Å². The van der Waals surface area contributed by atoms with Crippen molar-refractivity contribution in [2.45, 2.75) is 38.3 Å². The van der Waals surface area contributed by atoms with Gasteiger partial charge in [0.25, 0.3) is 0 Å². The molecule has 2 aliphatic rings. The molecule has 0 aromatic rings. The van der Waals surface area contributed by atoms with Gasteiger partial charge in [-0.1, -0.05) is 6.92 Å². The first-order valence-corrected chi connectivity index (χ1v) is 6.08. The number of hydrogen-bond donors (Lipinski definition) is 2. The van der Waals surface area contributed by atoms with Crippen molar-refractivity contribution in [3.63, 3.8) is 0 Å². The molecular formula is C11H23N3. The zero-order valence-electron chi connectivity index (χ0n) is 9.26. The lowest BCUT2D eigenvalue weighted by atomic mass is 10.2. The van der Waals surface area contributed by atoms with E-state index in [-0.39, 0.29) is 0 Å². The number of rotatable bonds is 4. The average molecular weight is 197 g/mol. The van der Waals surface area contributed by atoms with Gasteiger partial charge in [-0.2, -0.15) is 0 Å². The first kappa shape index (κ1) is 10.4. The van der Waals surface area contributed by atoms with E-state index < -0.39 is 0 Å². The smallest absolute Gasteiger partial charge is 0.0221 e. The monoisotopic (exact) mass is 197 g/mol. The van der Waals surface area contributed by atoms with E-state index in [0.717, 1.165) is 12.1 Å². The van der Waals surface area contributed by atoms with Crippen molar-refractivity contribution in [1.29, 1.82) is 0 Å². The fraction of sp³-hybridized carbons (Fsp3) is 1.00. The highest BCUT2D eigenvalue weighted by atomic mass is 15.2. The minimum atomic E-state index is 0.731. The van der Waals surface area contributed by atoms with Crippen LogP contribution in [0.3, 0.4) is 0 Å². The zero-order chi connectivity index (χ0) is 9.80. The van der Waals surface area contributed by atoms with Gasteiger partial charge in [-0.25, -0.2) is 0 Å². The highest BCUT2D eigenvalue weighted by molar-refractivity contribution is 4.84. The minimum Gasteiger partial charge on any atom is -0.315 e. The van der Waals surface area contributed by atoms with Crippen molar-refractivity contribution in [1.82, 2.24) is 15.5 Å². The summed E-state index contributed by atoms with van der Waals surface area (Å²) in [4.78, 5) is 2.61. The summed E-state index contributed by atoms with van der Waals surface area (Å²) in [6.45, 7) is 8.36. The van der Waals surface area contributed by atoms with Gasteiger partial charge in [0.15, 0.2) is 0 Å². The van der Waals surface area contributed by atoms with Gasteiger partial charge in [0, 0.05) is 25.2 Å². The summed E-state index contributed by atoms with van der Waals surface area (Å²) in [6.07, 6.45) is 4.09. The van der Waals surface area contributed by atoms with E-state index >= 15 is 0 Å². The molecule has 0 aromatic heterocycles. The molecule has 0 saturated carbocycles. The molecule has 2 N–H and O–H groups in total. The Labute approximate surface area is 87.2 Å². The quantitative estimate of drug-likeness (QED) is 0.684. The average Bonchev–Trinajstić information content (AvgIpc) is 2.85. The molecule has 3 nitrogen and oxygen atoms in total. The van der Waals surface area contributed by atoms with Crippen LogP contribution >= 0.6 is 0 Å². The maximum absolute atomic E-state index is 3.68. The van der Waals surface area contributed by atoms with Gasteiger partial charge in [-0.05, 0) is 38.9 Å². The number of likely N-dealkylation sites (N-methyl/N-ethyl adjacent to an activating group) is 1. The van der Waals surface area contributed by atoms with Gasteiger partial charge < -0.3 is 10.6 Å². The first-order chi connectivity index (χ1) is 6.90. The summed E-state index contributed by atoms with van der Waals surface area (Å²) in [5.41, 5.74) is 0. The molecule has 2 rings (SSSR count). The Morgan fingerprint density at radius 3 is 3.07 bits per heavy atom. The Hall–Kier alpha value is -0.120. The van der Waals surface area contributed by atoms with Crippen LogP contribution in [-0.4, -0.2) is 49.7 Å². The van der Waals surface area contributed by atoms with Crippen LogP contribution in [0.4, 0.5) is 0 Å². The molecule has 2 fully saturated rings. The van der Waals surface area contributed by atoms with E-state index in [4.69, 9.17) is 0 Å². The summed E-state index contributed by atoms with van der Waals surface area (Å²) in [7, 11) is 0. The second-order valence-corrected chi connectivity index (χ2v) is 4.52. The van der Waals surface area contributed by atoms with Crippen LogP contribution in [0.2, 0.25) is 0 Å². The molecule has 0 bridgehead atoms. The lowest BCUT2D eigenvalue weighted by Gasteiger charge is -2.24. The van der Waals surface area contributed by atoms with Crippen LogP contribution in [0.1, 0.15) is 26.2 Å². The maximum atomic E-state index is 3.68. The molecule has 0 aliphatic carbocycles. The third-order valence-corrected chi connectivity index (χ3v) is 3.61. The normalized spacial score (nSPS) is 34.1. The lowest BCUT2D eigenvalue weighted by Crippen LogP contribution is -2.42. The number of likely N-dealkylation sites (tertiary alicyclic amines) is 1. The van der Waals surface area contributed by atoms with Crippen LogP contribution in [0.5, 0.6) is 0 Å². The van der Waals surface area contributed by atoms with E-state index in [2.05, 4.69) is 22.5 Å². The van der Waals surface area contributed by atoms with Crippen molar-refractivity contribution in [3.05, 3.63) is 0 Å². The number of hydrogen-bond acceptors (Lipinski definition) is 3. The molecule has 2 unspecified atom stereocenters. The van der Waals surface area contributed by atoms with Crippen LogP contribution in [-0.2, 0) is 0 Å². The van der Waals surface area contributed by atoms with Gasteiger partial charge in [0.1, 0.15) is 0 Å². The molecule has 0 amide bonds. The molecular weight excluding hydrogens is 174 g/mol. The standard InChI is InChI=1S/C11H23N3/c1-2-14-7-3-4-11(14)9-13-10-5-6-12-8-10/h10-13H,2-9H2,1H3. The molecule has 2 aliphatic heterocycles. The van der Waals surface area contributed by atoms with Crippen LogP contribution in [0.15, 0.2) is 0 Å². The fourth-order valence-corrected chi connectivity index (χ4v) is 2.67. The molecule has 3 heteroatoms. The van der Waals surface area contributed by atoms with Crippen LogP contribution < -0.4 is 10.6 Å². The Balaban J connectivity index is 1.68. The van der Waals surface area contributed by atoms with Gasteiger partial charge in [-0.15, -0.1) is 0 Å². The molecule has 0 radical (unpaired) electrons. The summed E-state index contributed by atoms with van der Waals surface area (Å²) in [5, 5.41) is 7.08. The highest BCUT2D eigenvalue weighted by Crippen LogP contribution is 2.15. The molecule has 2 heterocycles. The van der Waals surface area contributed by atoms with Crippen molar-refractivity contribution >= 4 is 0 Å². The van der Waals surface area contributed by atoms with Gasteiger partial charge in [-0.3, -0.25) is 4.90 Å². The summed E-state index contributed by atoms with van der Waals surface area (Å²) >= 11 is 0. The molecule has 0 aromatic carbocycles. The van der Waals surface area contributed by atoms with Crippen molar-refractivity contribution in [2.24, 2.45) is 0 Å². The maximum Gasteiger partial charge on any atom is 0.0221 e. The van der Waals surface area contributed by atoms with E-state index in [1.165, 1.54) is 52.0 Å². The van der Waals surface area contributed by atoms with E-state index in [0.29, 0.717) is 0 Å². The molecule has 82 valence electrons. The van der Waals surface area contributed by atoms with Crippen molar-refractivity contribution in [3.8, 4) is 0 Å². The number of nitrogens with zero attached hydrogens (tertiary/aromatic N) is 1. The van der Waals surface area contributed by atoms with Crippen LogP contribution in [0.25, 0.3) is 0 Å². The summed E-state index contributed by atoms with van der Waals surface area (Å²) in [6, 6.07) is 1.54. The molecule has 0 spiro atoms. The zero-order valence-corrected chi connectivity index (χ0v) is 9.26. The van der Waals surface area contributed by atoms with Gasteiger partial charge >= 0.3 is 0 Å². The third-order valence-electron chi connectivity index (χ3n) is 3.61. The van der Waals surface area contributed by atoms with Gasteiger partial charge in [0.2, 0.25) is 0 Å². The lowest BCUT2D eigenvalue weighted by molar-refractivity contribution is 0.255. The summed E-state index contributed by atoms with van der Waals surface area (Å²) in [5.74, 6) is 0. The van der Waals surface area contributed by atoms with E-state index in [9.17, 15) is 0 Å². The van der Waals surface area contributed by atoms with Crippen molar-refractivity contribution < 1.29 is 0 Å². The molecule has 2 saturated heterocycles. The Kier molecular flexibility index (Phi) is 3.79. The molecule has 2 atom stereocenters. The predicted octanol–water partition coefficient (Wildman–Crippen LogP) is 0.422. The first-order valence-electron chi connectivity index (χ1n) is 6.08. The fourth-order valence-electron chi connectivity index (χ4n) is 2.67. The number of nitrogens with one attached hydrogen (secondary N) is 2. The minimum absolute atomic E-state index is 0.731. The summed E-state index contributed by atoms with van der Waals surface area (Å²) < 4.78 is 0. The largest absolute Gasteiger partial charge is 0.315 e. The van der Waals surface area contributed by atoms with E-state index in [1.54, 1.807) is 0 Å². The highest BCUT2D eigenvalue weighted by Gasteiger charge is 2.24. The second-order valence-electron chi connectivity index (χ2n) is 4.52. The van der Waals surface area contributed by atoms with Gasteiger partial charge in [0.05, 0.1) is 0 Å².